The van der Waals surface area contributed by atoms with Crippen LogP contribution in [-0.4, -0.2) is 24.9 Å². The summed E-state index contributed by atoms with van der Waals surface area (Å²) < 4.78 is 0. The number of benzene rings is 2. The van der Waals surface area contributed by atoms with Gasteiger partial charge in [-0.2, -0.15) is 0 Å². The van der Waals surface area contributed by atoms with Crippen LogP contribution >= 0.6 is 0 Å². The molecule has 0 bridgehead atoms. The van der Waals surface area contributed by atoms with Crippen molar-refractivity contribution < 1.29 is 14.6 Å². The molecule has 0 aliphatic heterocycles. The predicted molar refractivity (Wildman–Crippen MR) is 78.4 cm³/mol. The first-order valence-corrected chi connectivity index (χ1v) is 6.20. The number of nitro groups is 1. The van der Waals surface area contributed by atoms with Crippen LogP contribution in [-0.2, 0) is 4.84 Å². The second kappa shape index (κ2) is 6.15. The molecule has 2 aromatic carbocycles. The number of nitro benzene ring substituents is 1. The van der Waals surface area contributed by atoms with Crippen LogP contribution in [0.25, 0.3) is 0 Å². The molecular weight excluding hydrogens is 272 g/mol. The molecule has 0 heterocycles. The van der Waals surface area contributed by atoms with Gasteiger partial charge in [-0.1, -0.05) is 30.3 Å². The van der Waals surface area contributed by atoms with E-state index in [1.165, 1.54) is 24.3 Å². The van der Waals surface area contributed by atoms with Gasteiger partial charge in [0.2, 0.25) is 0 Å². The van der Waals surface area contributed by atoms with E-state index in [1.807, 2.05) is 0 Å². The number of ketones is 1. The Balaban J connectivity index is 2.45. The van der Waals surface area contributed by atoms with E-state index >= 15 is 0 Å². The first kappa shape index (κ1) is 14.7. The Kier molecular flexibility index (Phi) is 4.30. The molecule has 0 saturated carbocycles. The van der Waals surface area contributed by atoms with Gasteiger partial charge in [0.25, 0.3) is 5.69 Å². The minimum atomic E-state index is -0.535. The quantitative estimate of drug-likeness (QED) is 0.480. The zero-order chi connectivity index (χ0) is 15.4. The van der Waals surface area contributed by atoms with Gasteiger partial charge in [0.05, 0.1) is 12.0 Å². The summed E-state index contributed by atoms with van der Waals surface area (Å²) in [7, 11) is 2.97. The number of hydroxylamine groups is 1. The highest BCUT2D eigenvalue weighted by Gasteiger charge is 2.20. The Labute approximate surface area is 121 Å². The zero-order valence-electron chi connectivity index (χ0n) is 11.6. The highest BCUT2D eigenvalue weighted by atomic mass is 16.7. The lowest BCUT2D eigenvalue weighted by atomic mass is 10.0. The van der Waals surface area contributed by atoms with Gasteiger partial charge in [0.1, 0.15) is 5.69 Å². The maximum absolute atomic E-state index is 12.3. The molecule has 6 heteroatoms. The van der Waals surface area contributed by atoms with Crippen molar-refractivity contribution in [2.24, 2.45) is 0 Å². The van der Waals surface area contributed by atoms with Gasteiger partial charge in [0, 0.05) is 24.2 Å². The van der Waals surface area contributed by atoms with Crippen molar-refractivity contribution in [3.8, 4) is 0 Å². The summed E-state index contributed by atoms with van der Waals surface area (Å²) in [6.45, 7) is 0. The number of hydrogen-bond donors (Lipinski definition) is 0. The number of nitrogens with zero attached hydrogens (tertiary/aromatic N) is 2. The average molecular weight is 286 g/mol. The van der Waals surface area contributed by atoms with E-state index in [9.17, 15) is 14.9 Å². The molecule has 108 valence electrons. The summed E-state index contributed by atoms with van der Waals surface area (Å²) in [5.74, 6) is -0.259. The lowest BCUT2D eigenvalue weighted by molar-refractivity contribution is -0.384. The molecule has 0 unspecified atom stereocenters. The molecule has 0 amide bonds. The predicted octanol–water partition coefficient (Wildman–Crippen LogP) is 2.82. The fourth-order valence-corrected chi connectivity index (χ4v) is 1.93. The Morgan fingerprint density at radius 2 is 1.81 bits per heavy atom. The Morgan fingerprint density at radius 3 is 2.38 bits per heavy atom. The van der Waals surface area contributed by atoms with Crippen molar-refractivity contribution in [2.45, 2.75) is 0 Å². The normalized spacial score (nSPS) is 10.2. The molecule has 0 radical (unpaired) electrons. The molecule has 2 aromatic rings. The minimum Gasteiger partial charge on any atom is -0.289 e. The van der Waals surface area contributed by atoms with Crippen molar-refractivity contribution in [3.63, 3.8) is 0 Å². The van der Waals surface area contributed by atoms with E-state index in [4.69, 9.17) is 4.84 Å². The Morgan fingerprint density at radius 1 is 1.14 bits per heavy atom. The molecule has 0 fully saturated rings. The van der Waals surface area contributed by atoms with Crippen LogP contribution in [0.1, 0.15) is 15.9 Å². The van der Waals surface area contributed by atoms with Gasteiger partial charge in [-0.25, -0.2) is 0 Å². The Hall–Kier alpha value is -2.73. The van der Waals surface area contributed by atoms with Crippen LogP contribution in [0.5, 0.6) is 0 Å². The summed E-state index contributed by atoms with van der Waals surface area (Å²) >= 11 is 0. The highest BCUT2D eigenvalue weighted by molar-refractivity contribution is 6.09. The van der Waals surface area contributed by atoms with E-state index in [0.717, 1.165) is 0 Å². The average Bonchev–Trinajstić information content (AvgIpc) is 2.53. The summed E-state index contributed by atoms with van der Waals surface area (Å²) in [5, 5.41) is 12.4. The van der Waals surface area contributed by atoms with Crippen molar-refractivity contribution in [1.29, 1.82) is 0 Å². The number of carbonyl (C=O) groups is 1. The first-order valence-electron chi connectivity index (χ1n) is 6.20. The van der Waals surface area contributed by atoms with E-state index < -0.39 is 4.92 Å². The first-order chi connectivity index (χ1) is 10.0. The molecule has 0 N–H and O–H groups in total. The summed E-state index contributed by atoms with van der Waals surface area (Å²) in [6, 6.07) is 12.9. The second-order valence-corrected chi connectivity index (χ2v) is 4.34. The maximum atomic E-state index is 12.3. The molecule has 0 saturated heterocycles. The van der Waals surface area contributed by atoms with Gasteiger partial charge in [-0.15, -0.1) is 0 Å². The van der Waals surface area contributed by atoms with Crippen LogP contribution in [0.15, 0.2) is 48.5 Å². The molecular formula is C15H14N2O4. The third-order valence-corrected chi connectivity index (χ3v) is 3.08. The van der Waals surface area contributed by atoms with Crippen molar-refractivity contribution >= 4 is 17.2 Å². The number of carbonyl (C=O) groups excluding carboxylic acids is 1. The molecule has 0 spiro atoms. The van der Waals surface area contributed by atoms with Crippen LogP contribution in [0.3, 0.4) is 0 Å². The van der Waals surface area contributed by atoms with E-state index in [2.05, 4.69) is 0 Å². The topological polar surface area (TPSA) is 72.7 Å². The van der Waals surface area contributed by atoms with Crippen molar-refractivity contribution in [3.05, 3.63) is 69.8 Å². The standard InChI is InChI=1S/C15H14N2O4/c1-16(21-2)13-9-8-12(10-14(13)17(19)20)15(18)11-6-4-3-5-7-11/h3-10H,1-2H3. The lowest BCUT2D eigenvalue weighted by Gasteiger charge is -2.16. The van der Waals surface area contributed by atoms with Crippen molar-refractivity contribution in [1.82, 2.24) is 0 Å². The van der Waals surface area contributed by atoms with Gasteiger partial charge in [-0.05, 0) is 12.1 Å². The van der Waals surface area contributed by atoms with Gasteiger partial charge >= 0.3 is 0 Å². The van der Waals surface area contributed by atoms with Crippen LogP contribution in [0.2, 0.25) is 0 Å². The number of hydrogen-bond acceptors (Lipinski definition) is 5. The summed E-state index contributed by atoms with van der Waals surface area (Å²) in [5.41, 5.74) is 0.856. The third kappa shape index (κ3) is 3.06. The highest BCUT2D eigenvalue weighted by Crippen LogP contribution is 2.29. The molecule has 0 atom stereocenters. The van der Waals surface area contributed by atoms with Crippen LogP contribution in [0, 0.1) is 10.1 Å². The Bertz CT molecular complexity index is 671. The van der Waals surface area contributed by atoms with Crippen molar-refractivity contribution in [2.75, 3.05) is 19.2 Å². The smallest absolute Gasteiger partial charge is 0.289 e. The molecule has 0 aliphatic carbocycles. The molecule has 21 heavy (non-hydrogen) atoms. The van der Waals surface area contributed by atoms with E-state index in [-0.39, 0.29) is 22.7 Å². The van der Waals surface area contributed by atoms with E-state index in [1.54, 1.807) is 43.4 Å². The van der Waals surface area contributed by atoms with E-state index in [0.29, 0.717) is 5.56 Å². The van der Waals surface area contributed by atoms with Gasteiger partial charge < -0.3 is 0 Å². The largest absolute Gasteiger partial charge is 0.295 e. The fourth-order valence-electron chi connectivity index (χ4n) is 1.93. The summed E-state index contributed by atoms with van der Waals surface area (Å²) in [4.78, 5) is 27.9. The van der Waals surface area contributed by atoms with Crippen LogP contribution in [0.4, 0.5) is 11.4 Å². The molecule has 2 rings (SSSR count). The monoisotopic (exact) mass is 286 g/mol. The minimum absolute atomic E-state index is 0.180. The number of anilines is 1. The summed E-state index contributed by atoms with van der Waals surface area (Å²) in [6.07, 6.45) is 0. The second-order valence-electron chi connectivity index (χ2n) is 4.34. The molecule has 6 nitrogen and oxygen atoms in total. The number of rotatable bonds is 5. The van der Waals surface area contributed by atoms with Gasteiger partial charge in [0.15, 0.2) is 5.78 Å². The molecule has 0 aromatic heterocycles. The maximum Gasteiger partial charge on any atom is 0.295 e. The third-order valence-electron chi connectivity index (χ3n) is 3.08. The lowest BCUT2D eigenvalue weighted by Crippen LogP contribution is -2.16. The van der Waals surface area contributed by atoms with Gasteiger partial charge in [-0.3, -0.25) is 24.8 Å². The SMILES string of the molecule is CON(C)c1ccc(C(=O)c2ccccc2)cc1[N+](=O)[O-]. The van der Waals surface area contributed by atoms with Crippen LogP contribution < -0.4 is 5.06 Å². The fraction of sp³-hybridized carbons (Fsp3) is 0.133. The zero-order valence-corrected chi connectivity index (χ0v) is 11.6. The molecule has 0 aliphatic rings.